The zero-order valence-corrected chi connectivity index (χ0v) is 12.0. The van der Waals surface area contributed by atoms with Crippen LogP contribution in [0.15, 0.2) is 48.5 Å². The zero-order valence-electron chi connectivity index (χ0n) is 11.3. The van der Waals surface area contributed by atoms with Gasteiger partial charge in [0.2, 0.25) is 0 Å². The largest absolute Gasteiger partial charge is 0.192 e. The number of rotatable bonds is 1. The normalized spacial score (nSPS) is 11.3. The molecule has 0 saturated heterocycles. The van der Waals surface area contributed by atoms with Crippen molar-refractivity contribution in [1.29, 1.82) is 0 Å². The first-order valence-corrected chi connectivity index (χ1v) is 6.99. The molecule has 0 spiro atoms. The van der Waals surface area contributed by atoms with Gasteiger partial charge in [-0.05, 0) is 19.1 Å². The third-order valence-electron chi connectivity index (χ3n) is 3.56. The van der Waals surface area contributed by atoms with E-state index in [9.17, 15) is 0 Å². The second kappa shape index (κ2) is 4.53. The van der Waals surface area contributed by atoms with E-state index >= 15 is 0 Å². The SMILES string of the molecule is Cc1nn2c(-c3ccccc3Cl)nnc2c2ccccc12. The number of benzene rings is 2. The van der Waals surface area contributed by atoms with Crippen molar-refractivity contribution in [2.24, 2.45) is 0 Å². The van der Waals surface area contributed by atoms with Crippen molar-refractivity contribution in [3.05, 3.63) is 59.2 Å². The van der Waals surface area contributed by atoms with Crippen LogP contribution in [-0.2, 0) is 0 Å². The van der Waals surface area contributed by atoms with E-state index in [-0.39, 0.29) is 0 Å². The Morgan fingerprint density at radius 1 is 0.905 bits per heavy atom. The number of nitrogens with zero attached hydrogens (tertiary/aromatic N) is 4. The minimum absolute atomic E-state index is 0.638. The molecule has 4 nitrogen and oxygen atoms in total. The smallest absolute Gasteiger partial charge is 0.186 e. The Morgan fingerprint density at radius 2 is 1.62 bits per heavy atom. The van der Waals surface area contributed by atoms with Crippen LogP contribution in [0.2, 0.25) is 5.02 Å². The van der Waals surface area contributed by atoms with Gasteiger partial charge in [0.25, 0.3) is 0 Å². The highest BCUT2D eigenvalue weighted by Gasteiger charge is 2.15. The Hall–Kier alpha value is -2.46. The van der Waals surface area contributed by atoms with Crippen LogP contribution in [-0.4, -0.2) is 19.8 Å². The molecule has 0 unspecified atom stereocenters. The van der Waals surface area contributed by atoms with E-state index in [1.807, 2.05) is 55.5 Å². The van der Waals surface area contributed by atoms with Gasteiger partial charge >= 0.3 is 0 Å². The summed E-state index contributed by atoms with van der Waals surface area (Å²) in [4.78, 5) is 0. The van der Waals surface area contributed by atoms with Crippen LogP contribution in [0.1, 0.15) is 5.69 Å². The predicted octanol–water partition coefficient (Wildman–Crippen LogP) is 3.91. The topological polar surface area (TPSA) is 43.1 Å². The van der Waals surface area contributed by atoms with Crippen LogP contribution in [0.3, 0.4) is 0 Å². The molecule has 0 aliphatic heterocycles. The van der Waals surface area contributed by atoms with E-state index in [1.165, 1.54) is 0 Å². The summed E-state index contributed by atoms with van der Waals surface area (Å²) in [5.74, 6) is 0.657. The highest BCUT2D eigenvalue weighted by Crippen LogP contribution is 2.28. The van der Waals surface area contributed by atoms with Gasteiger partial charge in [-0.3, -0.25) is 0 Å². The van der Waals surface area contributed by atoms with Crippen LogP contribution in [0.4, 0.5) is 0 Å². The Balaban J connectivity index is 2.12. The van der Waals surface area contributed by atoms with E-state index in [0.717, 1.165) is 27.7 Å². The fourth-order valence-electron chi connectivity index (χ4n) is 2.55. The number of aromatic nitrogens is 4. The quantitative estimate of drug-likeness (QED) is 0.534. The van der Waals surface area contributed by atoms with Gasteiger partial charge in [-0.1, -0.05) is 48.0 Å². The zero-order chi connectivity index (χ0) is 14.4. The molecule has 0 amide bonds. The fourth-order valence-corrected chi connectivity index (χ4v) is 2.77. The number of hydrogen-bond acceptors (Lipinski definition) is 3. The molecule has 2 aromatic carbocycles. The Labute approximate surface area is 126 Å². The summed E-state index contributed by atoms with van der Waals surface area (Å²) in [6.45, 7) is 1.98. The lowest BCUT2D eigenvalue weighted by Gasteiger charge is -2.05. The number of aryl methyl sites for hydroxylation is 1. The number of halogens is 1. The maximum absolute atomic E-state index is 6.27. The molecule has 21 heavy (non-hydrogen) atoms. The van der Waals surface area contributed by atoms with E-state index < -0.39 is 0 Å². The van der Waals surface area contributed by atoms with Crippen LogP contribution in [0.25, 0.3) is 27.8 Å². The van der Waals surface area contributed by atoms with Gasteiger partial charge in [0.05, 0.1) is 10.7 Å². The molecule has 0 aliphatic carbocycles. The van der Waals surface area contributed by atoms with E-state index in [1.54, 1.807) is 4.52 Å². The second-order valence-corrected chi connectivity index (χ2v) is 5.28. The molecule has 2 heterocycles. The summed E-state index contributed by atoms with van der Waals surface area (Å²) < 4.78 is 1.76. The third kappa shape index (κ3) is 1.80. The molecule has 0 N–H and O–H groups in total. The van der Waals surface area contributed by atoms with Crippen molar-refractivity contribution in [3.8, 4) is 11.4 Å². The third-order valence-corrected chi connectivity index (χ3v) is 3.89. The summed E-state index contributed by atoms with van der Waals surface area (Å²) in [7, 11) is 0. The summed E-state index contributed by atoms with van der Waals surface area (Å²) >= 11 is 6.27. The average molecular weight is 295 g/mol. The Bertz CT molecular complexity index is 975. The molecular formula is C16H11ClN4. The lowest BCUT2D eigenvalue weighted by Crippen LogP contribution is -1.99. The highest BCUT2D eigenvalue weighted by molar-refractivity contribution is 6.33. The van der Waals surface area contributed by atoms with Gasteiger partial charge in [-0.15, -0.1) is 10.2 Å². The monoisotopic (exact) mass is 294 g/mol. The fraction of sp³-hybridized carbons (Fsp3) is 0.0625. The van der Waals surface area contributed by atoms with Crippen molar-refractivity contribution in [1.82, 2.24) is 19.8 Å². The van der Waals surface area contributed by atoms with Gasteiger partial charge in [0, 0.05) is 16.3 Å². The van der Waals surface area contributed by atoms with Gasteiger partial charge in [-0.2, -0.15) is 9.61 Å². The van der Waals surface area contributed by atoms with E-state index in [4.69, 9.17) is 11.6 Å². The van der Waals surface area contributed by atoms with Gasteiger partial charge in [-0.25, -0.2) is 0 Å². The molecular weight excluding hydrogens is 284 g/mol. The van der Waals surface area contributed by atoms with E-state index in [2.05, 4.69) is 15.3 Å². The summed E-state index contributed by atoms with van der Waals surface area (Å²) in [5, 5.41) is 16.0. The molecule has 0 atom stereocenters. The first-order chi connectivity index (χ1) is 10.3. The number of hydrogen-bond donors (Lipinski definition) is 0. The average Bonchev–Trinajstić information content (AvgIpc) is 2.92. The predicted molar refractivity (Wildman–Crippen MR) is 83.5 cm³/mol. The highest BCUT2D eigenvalue weighted by atomic mass is 35.5. The van der Waals surface area contributed by atoms with Crippen molar-refractivity contribution in [2.75, 3.05) is 0 Å². The maximum Gasteiger partial charge on any atom is 0.186 e. The van der Waals surface area contributed by atoms with Crippen LogP contribution in [0.5, 0.6) is 0 Å². The van der Waals surface area contributed by atoms with Crippen molar-refractivity contribution < 1.29 is 0 Å². The molecule has 102 valence electrons. The first-order valence-electron chi connectivity index (χ1n) is 6.61. The lowest BCUT2D eigenvalue weighted by molar-refractivity contribution is 0.915. The van der Waals surface area contributed by atoms with E-state index in [0.29, 0.717) is 10.8 Å². The minimum Gasteiger partial charge on any atom is -0.192 e. The Morgan fingerprint density at radius 3 is 2.43 bits per heavy atom. The van der Waals surface area contributed by atoms with Crippen molar-refractivity contribution in [2.45, 2.75) is 6.92 Å². The molecule has 0 fully saturated rings. The molecule has 0 aliphatic rings. The molecule has 4 aromatic rings. The van der Waals surface area contributed by atoms with Gasteiger partial charge in [0.1, 0.15) is 0 Å². The Kier molecular flexibility index (Phi) is 2.65. The maximum atomic E-state index is 6.27. The van der Waals surface area contributed by atoms with Gasteiger partial charge in [0.15, 0.2) is 11.5 Å². The molecule has 0 saturated carbocycles. The van der Waals surface area contributed by atoms with Crippen molar-refractivity contribution >= 4 is 28.0 Å². The van der Waals surface area contributed by atoms with Crippen LogP contribution in [0, 0.1) is 6.92 Å². The van der Waals surface area contributed by atoms with Crippen molar-refractivity contribution in [3.63, 3.8) is 0 Å². The minimum atomic E-state index is 0.638. The summed E-state index contributed by atoms with van der Waals surface area (Å²) in [5.41, 5.74) is 2.51. The first kappa shape index (κ1) is 12.3. The number of fused-ring (bicyclic) bond motifs is 3. The second-order valence-electron chi connectivity index (χ2n) is 4.87. The summed E-state index contributed by atoms with van der Waals surface area (Å²) in [6.07, 6.45) is 0. The molecule has 0 bridgehead atoms. The standard InChI is InChI=1S/C16H11ClN4/c1-10-11-6-2-3-7-12(11)15-18-19-16(21(15)20-10)13-8-4-5-9-14(13)17/h2-9H,1H3. The molecule has 2 aromatic heterocycles. The molecule has 0 radical (unpaired) electrons. The van der Waals surface area contributed by atoms with Crippen LogP contribution < -0.4 is 0 Å². The van der Waals surface area contributed by atoms with Gasteiger partial charge < -0.3 is 0 Å². The molecule has 4 rings (SSSR count). The molecule has 5 heteroatoms. The van der Waals surface area contributed by atoms with Crippen LogP contribution >= 0.6 is 11.6 Å². The summed E-state index contributed by atoms with van der Waals surface area (Å²) in [6, 6.07) is 15.6. The lowest BCUT2D eigenvalue weighted by atomic mass is 10.1.